The van der Waals surface area contributed by atoms with Crippen LogP contribution in [0.1, 0.15) is 21.5 Å². The fourth-order valence-corrected chi connectivity index (χ4v) is 1.69. The fraction of sp³-hybridized carbons (Fsp3) is 0.0667. The van der Waals surface area contributed by atoms with Gasteiger partial charge >= 0.3 is 5.97 Å². The SMILES string of the molecule is N#Cc1ccc(C(=O)O)c(COc2ccc(O)cc2)c1. The number of hydrogen-bond donors (Lipinski definition) is 2. The van der Waals surface area contributed by atoms with Gasteiger partial charge in [-0.05, 0) is 42.5 Å². The van der Waals surface area contributed by atoms with Gasteiger partial charge in [-0.1, -0.05) is 0 Å². The molecule has 0 aliphatic rings. The molecule has 0 amide bonds. The third-order valence-corrected chi connectivity index (χ3v) is 2.70. The smallest absolute Gasteiger partial charge is 0.336 e. The second kappa shape index (κ2) is 5.76. The highest BCUT2D eigenvalue weighted by atomic mass is 16.5. The third kappa shape index (κ3) is 3.06. The number of aromatic carboxylic acids is 1. The lowest BCUT2D eigenvalue weighted by molar-refractivity contribution is 0.0694. The number of carbonyl (C=O) groups is 1. The molecule has 2 N–H and O–H groups in total. The van der Waals surface area contributed by atoms with Crippen LogP contribution in [0.2, 0.25) is 0 Å². The van der Waals surface area contributed by atoms with Gasteiger partial charge in [-0.15, -0.1) is 0 Å². The van der Waals surface area contributed by atoms with Gasteiger partial charge in [0.15, 0.2) is 0 Å². The number of nitrogens with zero attached hydrogens (tertiary/aromatic N) is 1. The van der Waals surface area contributed by atoms with E-state index in [2.05, 4.69) is 0 Å². The standard InChI is InChI=1S/C15H11NO4/c16-8-10-1-6-14(15(18)19)11(7-10)9-20-13-4-2-12(17)3-5-13/h1-7,17H,9H2,(H,18,19). The number of carboxylic acids is 1. The van der Waals surface area contributed by atoms with Crippen LogP contribution in [0.4, 0.5) is 0 Å². The molecule has 0 radical (unpaired) electrons. The summed E-state index contributed by atoms with van der Waals surface area (Å²) in [6, 6.07) is 12.4. The van der Waals surface area contributed by atoms with Crippen molar-refractivity contribution in [3.63, 3.8) is 0 Å². The zero-order valence-corrected chi connectivity index (χ0v) is 10.4. The first kappa shape index (κ1) is 13.4. The second-order valence-electron chi connectivity index (χ2n) is 4.07. The maximum absolute atomic E-state index is 11.1. The summed E-state index contributed by atoms with van der Waals surface area (Å²) in [5.41, 5.74) is 0.895. The molecule has 0 aromatic heterocycles. The molecule has 0 spiro atoms. The normalized spacial score (nSPS) is 9.75. The summed E-state index contributed by atoms with van der Waals surface area (Å²) in [5.74, 6) is -0.449. The molecule has 0 aliphatic heterocycles. The lowest BCUT2D eigenvalue weighted by Gasteiger charge is -2.09. The maximum Gasteiger partial charge on any atom is 0.336 e. The molecule has 0 saturated heterocycles. The van der Waals surface area contributed by atoms with Crippen molar-refractivity contribution in [1.82, 2.24) is 0 Å². The number of hydrogen-bond acceptors (Lipinski definition) is 4. The quantitative estimate of drug-likeness (QED) is 0.890. The third-order valence-electron chi connectivity index (χ3n) is 2.70. The minimum atomic E-state index is -1.07. The molecular weight excluding hydrogens is 258 g/mol. The van der Waals surface area contributed by atoms with Gasteiger partial charge in [0.1, 0.15) is 18.1 Å². The lowest BCUT2D eigenvalue weighted by Crippen LogP contribution is -2.06. The van der Waals surface area contributed by atoms with E-state index in [1.807, 2.05) is 6.07 Å². The predicted molar refractivity (Wildman–Crippen MR) is 70.6 cm³/mol. The molecule has 0 heterocycles. The number of benzene rings is 2. The van der Waals surface area contributed by atoms with Gasteiger partial charge in [-0.3, -0.25) is 0 Å². The van der Waals surface area contributed by atoms with Gasteiger partial charge in [0.25, 0.3) is 0 Å². The molecule has 0 bridgehead atoms. The van der Waals surface area contributed by atoms with Crippen LogP contribution in [-0.2, 0) is 6.61 Å². The van der Waals surface area contributed by atoms with Gasteiger partial charge in [0.2, 0.25) is 0 Å². The molecule has 0 unspecified atom stereocenters. The highest BCUT2D eigenvalue weighted by molar-refractivity contribution is 5.89. The number of phenols is 1. The first-order valence-electron chi connectivity index (χ1n) is 5.78. The van der Waals surface area contributed by atoms with Gasteiger partial charge in [0.05, 0.1) is 17.2 Å². The summed E-state index contributed by atoms with van der Waals surface area (Å²) >= 11 is 0. The molecule has 20 heavy (non-hydrogen) atoms. The Labute approximate surface area is 115 Å². The average Bonchev–Trinajstić information content (AvgIpc) is 2.46. The van der Waals surface area contributed by atoms with E-state index >= 15 is 0 Å². The Hall–Kier alpha value is -3.00. The van der Waals surface area contributed by atoms with Crippen molar-refractivity contribution >= 4 is 5.97 Å². The van der Waals surface area contributed by atoms with Crippen LogP contribution in [0.15, 0.2) is 42.5 Å². The maximum atomic E-state index is 11.1. The van der Waals surface area contributed by atoms with Crippen LogP contribution in [0.5, 0.6) is 11.5 Å². The minimum absolute atomic E-state index is 0.0297. The van der Waals surface area contributed by atoms with Crippen molar-refractivity contribution in [2.75, 3.05) is 0 Å². The van der Waals surface area contributed by atoms with E-state index in [1.54, 1.807) is 12.1 Å². The Morgan fingerprint density at radius 2 is 1.90 bits per heavy atom. The molecule has 2 rings (SSSR count). The summed E-state index contributed by atoms with van der Waals surface area (Å²) in [6.45, 7) is 0.0297. The van der Waals surface area contributed by atoms with E-state index in [-0.39, 0.29) is 17.9 Å². The fourth-order valence-electron chi connectivity index (χ4n) is 1.69. The summed E-state index contributed by atoms with van der Waals surface area (Å²) < 4.78 is 5.45. The molecule has 100 valence electrons. The number of aromatic hydroxyl groups is 1. The van der Waals surface area contributed by atoms with E-state index in [0.29, 0.717) is 16.9 Å². The highest BCUT2D eigenvalue weighted by Gasteiger charge is 2.11. The second-order valence-corrected chi connectivity index (χ2v) is 4.07. The number of phenolic OH excluding ortho intramolecular Hbond substituents is 1. The molecule has 2 aromatic carbocycles. The number of carboxylic acid groups (broad SMARTS) is 1. The molecule has 2 aromatic rings. The number of ether oxygens (including phenoxy) is 1. The van der Waals surface area contributed by atoms with Crippen molar-refractivity contribution in [2.45, 2.75) is 6.61 Å². The summed E-state index contributed by atoms with van der Waals surface area (Å²) in [7, 11) is 0. The van der Waals surface area contributed by atoms with E-state index in [4.69, 9.17) is 20.2 Å². The molecule has 0 atom stereocenters. The predicted octanol–water partition coefficient (Wildman–Crippen LogP) is 2.54. The largest absolute Gasteiger partial charge is 0.508 e. The van der Waals surface area contributed by atoms with E-state index in [0.717, 1.165) is 0 Å². The van der Waals surface area contributed by atoms with E-state index in [1.165, 1.54) is 30.3 Å². The topological polar surface area (TPSA) is 90.6 Å². The summed E-state index contributed by atoms with van der Waals surface area (Å²) in [5, 5.41) is 27.1. The van der Waals surface area contributed by atoms with Crippen molar-refractivity contribution in [1.29, 1.82) is 5.26 Å². The molecule has 0 fully saturated rings. The monoisotopic (exact) mass is 269 g/mol. The van der Waals surface area contributed by atoms with E-state index in [9.17, 15) is 4.79 Å². The van der Waals surface area contributed by atoms with Crippen molar-refractivity contribution in [3.05, 3.63) is 59.2 Å². The Morgan fingerprint density at radius 3 is 2.50 bits per heavy atom. The molecule has 0 aliphatic carbocycles. The van der Waals surface area contributed by atoms with Gasteiger partial charge < -0.3 is 14.9 Å². The van der Waals surface area contributed by atoms with Crippen LogP contribution < -0.4 is 4.74 Å². The van der Waals surface area contributed by atoms with Crippen LogP contribution >= 0.6 is 0 Å². The van der Waals surface area contributed by atoms with Gasteiger partial charge in [-0.25, -0.2) is 4.79 Å². The first-order valence-corrected chi connectivity index (χ1v) is 5.78. The molecule has 5 nitrogen and oxygen atoms in total. The Kier molecular flexibility index (Phi) is 3.87. The van der Waals surface area contributed by atoms with Crippen molar-refractivity contribution in [3.8, 4) is 17.6 Å². The van der Waals surface area contributed by atoms with Crippen LogP contribution in [0, 0.1) is 11.3 Å². The van der Waals surface area contributed by atoms with Gasteiger partial charge in [-0.2, -0.15) is 5.26 Å². The molecular formula is C15H11NO4. The minimum Gasteiger partial charge on any atom is -0.508 e. The first-order chi connectivity index (χ1) is 9.60. The van der Waals surface area contributed by atoms with Crippen molar-refractivity contribution in [2.24, 2.45) is 0 Å². The Bertz CT molecular complexity index is 671. The lowest BCUT2D eigenvalue weighted by atomic mass is 10.1. The van der Waals surface area contributed by atoms with Gasteiger partial charge in [0, 0.05) is 5.56 Å². The molecule has 0 saturated carbocycles. The van der Waals surface area contributed by atoms with Crippen LogP contribution in [-0.4, -0.2) is 16.2 Å². The Morgan fingerprint density at radius 1 is 1.20 bits per heavy atom. The van der Waals surface area contributed by atoms with Crippen LogP contribution in [0.25, 0.3) is 0 Å². The number of nitriles is 1. The zero-order valence-electron chi connectivity index (χ0n) is 10.4. The van der Waals surface area contributed by atoms with E-state index < -0.39 is 5.97 Å². The average molecular weight is 269 g/mol. The Balaban J connectivity index is 2.21. The zero-order chi connectivity index (χ0) is 14.5. The summed E-state index contributed by atoms with van der Waals surface area (Å²) in [4.78, 5) is 11.1. The molecule has 5 heteroatoms. The van der Waals surface area contributed by atoms with Crippen LogP contribution in [0.3, 0.4) is 0 Å². The summed E-state index contributed by atoms with van der Waals surface area (Å²) in [6.07, 6.45) is 0. The van der Waals surface area contributed by atoms with Crippen molar-refractivity contribution < 1.29 is 19.7 Å². The number of rotatable bonds is 4. The highest BCUT2D eigenvalue weighted by Crippen LogP contribution is 2.19.